The average Bonchev–Trinajstić information content (AvgIpc) is 2.54. The molecule has 6 nitrogen and oxygen atoms in total. The number of hydrogen-bond acceptors (Lipinski definition) is 5. The predicted molar refractivity (Wildman–Crippen MR) is 95.9 cm³/mol. The van der Waals surface area contributed by atoms with Gasteiger partial charge in [0.1, 0.15) is 11.6 Å². The monoisotopic (exact) mass is 344 g/mol. The van der Waals surface area contributed by atoms with Crippen LogP contribution in [0.5, 0.6) is 0 Å². The molecule has 0 amide bonds. The van der Waals surface area contributed by atoms with Crippen LogP contribution in [0.1, 0.15) is 58.1 Å². The van der Waals surface area contributed by atoms with Gasteiger partial charge in [0.15, 0.2) is 11.5 Å². The second-order valence-electron chi connectivity index (χ2n) is 6.98. The van der Waals surface area contributed by atoms with Crippen LogP contribution in [0.3, 0.4) is 0 Å². The maximum absolute atomic E-state index is 12.3. The van der Waals surface area contributed by atoms with E-state index in [9.17, 15) is 25.3 Å². The number of hydrogen-bond donors (Lipinski definition) is 1. The number of allylic oxidation sites excluding steroid dienone is 1. The summed E-state index contributed by atoms with van der Waals surface area (Å²) in [5.41, 5.74) is -0.973. The van der Waals surface area contributed by atoms with E-state index in [-0.39, 0.29) is 11.3 Å². The lowest BCUT2D eigenvalue weighted by molar-refractivity contribution is -0.385. The molecule has 1 rings (SSSR count). The Labute approximate surface area is 147 Å². The quantitative estimate of drug-likeness (QED) is 0.192. The van der Waals surface area contributed by atoms with Crippen molar-refractivity contribution in [3.8, 4) is 6.07 Å². The molecule has 0 aliphatic rings. The summed E-state index contributed by atoms with van der Waals surface area (Å²) >= 11 is 0. The molecule has 0 saturated carbocycles. The van der Waals surface area contributed by atoms with Gasteiger partial charge >= 0.3 is 0 Å². The van der Waals surface area contributed by atoms with Crippen LogP contribution in [-0.2, 0) is 11.2 Å². The summed E-state index contributed by atoms with van der Waals surface area (Å²) in [5, 5.41) is 31.0. The first kappa shape index (κ1) is 20.4. The number of nitro benzene ring substituents is 1. The smallest absolute Gasteiger partial charge is 0.280 e. The van der Waals surface area contributed by atoms with Crippen molar-refractivity contribution < 1.29 is 14.8 Å². The zero-order valence-electron chi connectivity index (χ0n) is 15.1. The van der Waals surface area contributed by atoms with Gasteiger partial charge in [0.25, 0.3) is 5.69 Å². The number of nitro groups is 1. The topological polar surface area (TPSA) is 104 Å². The van der Waals surface area contributed by atoms with Crippen LogP contribution in [-0.4, -0.2) is 15.8 Å². The molecule has 1 N–H and O–H groups in total. The van der Waals surface area contributed by atoms with E-state index in [0.717, 1.165) is 24.8 Å². The molecular formula is C19H24N2O4. The minimum atomic E-state index is -0.881. The molecule has 134 valence electrons. The third-order valence-electron chi connectivity index (χ3n) is 3.84. The van der Waals surface area contributed by atoms with Crippen LogP contribution >= 0.6 is 0 Å². The highest BCUT2D eigenvalue weighted by molar-refractivity contribution is 6.08. The zero-order valence-corrected chi connectivity index (χ0v) is 15.1. The second kappa shape index (κ2) is 8.43. The summed E-state index contributed by atoms with van der Waals surface area (Å²) in [7, 11) is 0. The maximum Gasteiger partial charge on any atom is 0.280 e. The molecule has 6 heteroatoms. The molecular weight excluding hydrogens is 320 g/mol. The highest BCUT2D eigenvalue weighted by Gasteiger charge is 2.30. The van der Waals surface area contributed by atoms with E-state index >= 15 is 0 Å². The van der Waals surface area contributed by atoms with E-state index in [1.54, 1.807) is 32.9 Å². The van der Waals surface area contributed by atoms with Crippen molar-refractivity contribution in [3.05, 3.63) is 45.0 Å². The fourth-order valence-electron chi connectivity index (χ4n) is 2.38. The molecule has 1 aromatic carbocycles. The number of nitrogens with zero attached hydrogens (tertiary/aromatic N) is 2. The number of ketones is 1. The lowest BCUT2D eigenvalue weighted by Gasteiger charge is -2.16. The van der Waals surface area contributed by atoms with Crippen molar-refractivity contribution in [2.75, 3.05) is 0 Å². The van der Waals surface area contributed by atoms with Gasteiger partial charge in [0.05, 0.1) is 10.5 Å². The van der Waals surface area contributed by atoms with Gasteiger partial charge < -0.3 is 5.11 Å². The maximum atomic E-state index is 12.3. The Balaban J connectivity index is 3.39. The van der Waals surface area contributed by atoms with Gasteiger partial charge in [-0.3, -0.25) is 14.9 Å². The van der Waals surface area contributed by atoms with Crippen LogP contribution in [0.15, 0.2) is 23.8 Å². The normalized spacial score (nSPS) is 12.3. The number of nitriles is 1. The molecule has 0 atom stereocenters. The number of benzene rings is 1. The van der Waals surface area contributed by atoms with Gasteiger partial charge in [-0.2, -0.15) is 5.26 Å². The average molecular weight is 344 g/mol. The third-order valence-corrected chi connectivity index (χ3v) is 3.84. The van der Waals surface area contributed by atoms with Crippen molar-refractivity contribution in [1.82, 2.24) is 0 Å². The number of rotatable bonds is 7. The highest BCUT2D eigenvalue weighted by atomic mass is 16.6. The first-order valence-electron chi connectivity index (χ1n) is 8.29. The first-order chi connectivity index (χ1) is 11.6. The number of Topliss-reactive ketones (excluding diaryl/α,β-unsaturated/α-hetero) is 1. The zero-order chi connectivity index (χ0) is 19.2. The van der Waals surface area contributed by atoms with Gasteiger partial charge in [-0.25, -0.2) is 0 Å². The molecule has 0 radical (unpaired) electrons. The van der Waals surface area contributed by atoms with Crippen LogP contribution < -0.4 is 0 Å². The van der Waals surface area contributed by atoms with Crippen molar-refractivity contribution in [1.29, 1.82) is 5.26 Å². The summed E-state index contributed by atoms with van der Waals surface area (Å²) in [6, 6.07) is 6.18. The lowest BCUT2D eigenvalue weighted by atomic mass is 9.85. The van der Waals surface area contributed by atoms with Crippen molar-refractivity contribution >= 4 is 17.2 Å². The van der Waals surface area contributed by atoms with Crippen LogP contribution in [0.25, 0.3) is 5.76 Å². The van der Waals surface area contributed by atoms with Gasteiger partial charge in [-0.1, -0.05) is 46.6 Å². The summed E-state index contributed by atoms with van der Waals surface area (Å²) < 4.78 is 0. The van der Waals surface area contributed by atoms with E-state index < -0.39 is 27.5 Å². The summed E-state index contributed by atoms with van der Waals surface area (Å²) in [6.45, 7) is 6.92. The molecule has 1 aromatic rings. The second-order valence-corrected chi connectivity index (χ2v) is 6.98. The Morgan fingerprint density at radius 1 is 1.32 bits per heavy atom. The van der Waals surface area contributed by atoms with Gasteiger partial charge in [0.2, 0.25) is 0 Å². The first-order valence-corrected chi connectivity index (χ1v) is 8.29. The van der Waals surface area contributed by atoms with E-state index in [2.05, 4.69) is 6.92 Å². The molecule has 0 bridgehead atoms. The van der Waals surface area contributed by atoms with Gasteiger partial charge in [-0.15, -0.1) is 0 Å². The van der Waals surface area contributed by atoms with Gasteiger partial charge in [0, 0.05) is 11.5 Å². The molecule has 0 aliphatic heterocycles. The Morgan fingerprint density at radius 2 is 1.96 bits per heavy atom. The van der Waals surface area contributed by atoms with Crippen molar-refractivity contribution in [3.63, 3.8) is 0 Å². The molecule has 0 aliphatic carbocycles. The van der Waals surface area contributed by atoms with E-state index in [0.29, 0.717) is 6.42 Å². The summed E-state index contributed by atoms with van der Waals surface area (Å²) in [4.78, 5) is 23.1. The van der Waals surface area contributed by atoms with Crippen molar-refractivity contribution in [2.45, 2.75) is 53.4 Å². The molecule has 0 heterocycles. The Morgan fingerprint density at radius 3 is 2.44 bits per heavy atom. The Bertz CT molecular complexity index is 737. The number of unbranched alkanes of at least 4 members (excludes halogenated alkanes) is 2. The van der Waals surface area contributed by atoms with Crippen LogP contribution in [0, 0.1) is 26.9 Å². The standard InChI is InChI=1S/C19H24N2O4/c1-5-6-7-8-13-9-10-14(16(11-13)21(24)25)17(22)15(12-20)18(23)19(2,3)4/h9-11,22H,5-8H2,1-4H3/b17-15-. The fraction of sp³-hybridized carbons (Fsp3) is 0.474. The van der Waals surface area contributed by atoms with E-state index in [4.69, 9.17) is 0 Å². The largest absolute Gasteiger partial charge is 0.506 e. The molecule has 0 unspecified atom stereocenters. The van der Waals surface area contributed by atoms with E-state index in [1.165, 1.54) is 12.1 Å². The summed E-state index contributed by atoms with van der Waals surface area (Å²) in [5.74, 6) is -1.21. The van der Waals surface area contributed by atoms with Crippen LogP contribution in [0.4, 0.5) is 5.69 Å². The fourth-order valence-corrected chi connectivity index (χ4v) is 2.38. The molecule has 0 fully saturated rings. The number of carbonyl (C=O) groups excluding carboxylic acids is 1. The third kappa shape index (κ3) is 5.15. The highest BCUT2D eigenvalue weighted by Crippen LogP contribution is 2.31. The summed E-state index contributed by atoms with van der Waals surface area (Å²) in [6.07, 6.45) is 3.69. The van der Waals surface area contributed by atoms with Crippen LogP contribution in [0.2, 0.25) is 0 Å². The Kier molecular flexibility index (Phi) is 6.86. The lowest BCUT2D eigenvalue weighted by Crippen LogP contribution is -2.22. The number of carbonyl (C=O) groups is 1. The van der Waals surface area contributed by atoms with E-state index in [1.807, 2.05) is 0 Å². The predicted octanol–water partition coefficient (Wildman–Crippen LogP) is 4.74. The molecule has 0 spiro atoms. The number of aryl methyl sites for hydroxylation is 1. The molecule has 0 saturated heterocycles. The van der Waals surface area contributed by atoms with Crippen molar-refractivity contribution in [2.24, 2.45) is 5.41 Å². The van der Waals surface area contributed by atoms with Gasteiger partial charge in [-0.05, 0) is 24.5 Å². The molecule has 0 aromatic heterocycles. The SMILES string of the molecule is CCCCCc1ccc(/C(O)=C(\C#N)C(=O)C(C)(C)C)c([N+](=O)[O-])c1. The minimum Gasteiger partial charge on any atom is -0.506 e. The number of aliphatic hydroxyl groups is 1. The molecule has 25 heavy (non-hydrogen) atoms. The Hall–Kier alpha value is -2.68. The minimum absolute atomic E-state index is 0.113. The number of aliphatic hydroxyl groups excluding tert-OH is 1.